The summed E-state index contributed by atoms with van der Waals surface area (Å²) in [6, 6.07) is -0.392. The molecule has 0 aromatic heterocycles. The van der Waals surface area contributed by atoms with Crippen LogP contribution in [0.4, 0.5) is 0 Å². The van der Waals surface area contributed by atoms with Crippen LogP contribution in [0.15, 0.2) is 0 Å². The minimum atomic E-state index is -0.392. The first-order valence-electron chi connectivity index (χ1n) is 5.52. The van der Waals surface area contributed by atoms with Crippen molar-refractivity contribution in [3.8, 4) is 0 Å². The number of carbonyl (C=O) groups is 1. The van der Waals surface area contributed by atoms with E-state index in [2.05, 4.69) is 5.32 Å². The summed E-state index contributed by atoms with van der Waals surface area (Å²) in [4.78, 5) is 11.3. The maximum absolute atomic E-state index is 11.3. The highest BCUT2D eigenvalue weighted by molar-refractivity contribution is 5.80. The molecule has 1 rings (SSSR count). The maximum Gasteiger partial charge on any atom is 0.235 e. The van der Waals surface area contributed by atoms with Crippen molar-refractivity contribution in [3.63, 3.8) is 0 Å². The average Bonchev–Trinajstić information content (AvgIpc) is 2.06. The summed E-state index contributed by atoms with van der Waals surface area (Å²) in [6.07, 6.45) is 0. The zero-order valence-corrected chi connectivity index (χ0v) is 10.2. The van der Waals surface area contributed by atoms with Gasteiger partial charge in [0, 0.05) is 6.54 Å². The Morgan fingerprint density at radius 3 is 2.38 bits per heavy atom. The fourth-order valence-electron chi connectivity index (χ4n) is 1.79. The van der Waals surface area contributed by atoms with Gasteiger partial charge in [0.15, 0.2) is 0 Å². The highest BCUT2D eigenvalue weighted by Gasteiger charge is 2.40. The molecule has 0 saturated carbocycles. The highest BCUT2D eigenvalue weighted by atomic mass is 16.5. The van der Waals surface area contributed by atoms with E-state index in [4.69, 9.17) is 10.5 Å². The molecule has 1 saturated heterocycles. The molecule has 1 heterocycles. The first-order chi connectivity index (χ1) is 7.31. The van der Waals surface area contributed by atoms with Gasteiger partial charge in [0.25, 0.3) is 0 Å². The van der Waals surface area contributed by atoms with Crippen LogP contribution in [-0.4, -0.2) is 43.4 Å². The van der Waals surface area contributed by atoms with Gasteiger partial charge in [-0.25, -0.2) is 0 Å². The summed E-state index contributed by atoms with van der Waals surface area (Å²) in [5.41, 5.74) is 4.89. The van der Waals surface area contributed by atoms with Gasteiger partial charge in [0.2, 0.25) is 5.91 Å². The van der Waals surface area contributed by atoms with Gasteiger partial charge in [-0.2, -0.15) is 0 Å². The van der Waals surface area contributed by atoms with Crippen molar-refractivity contribution in [3.05, 3.63) is 0 Å². The third-order valence-electron chi connectivity index (χ3n) is 2.98. The van der Waals surface area contributed by atoms with Gasteiger partial charge >= 0.3 is 0 Å². The van der Waals surface area contributed by atoms with Crippen LogP contribution in [0.2, 0.25) is 0 Å². The van der Waals surface area contributed by atoms with Gasteiger partial charge in [-0.15, -0.1) is 0 Å². The monoisotopic (exact) mass is 230 g/mol. The summed E-state index contributed by atoms with van der Waals surface area (Å²) < 4.78 is 5.09. The second kappa shape index (κ2) is 4.69. The van der Waals surface area contributed by atoms with Crippen molar-refractivity contribution in [2.45, 2.75) is 26.8 Å². The minimum absolute atomic E-state index is 0.0651. The molecule has 1 aliphatic rings. The molecular formula is C11H22N2O3. The summed E-state index contributed by atoms with van der Waals surface area (Å²) in [5.74, 6) is -0.360. The van der Waals surface area contributed by atoms with Crippen LogP contribution in [-0.2, 0) is 9.53 Å². The van der Waals surface area contributed by atoms with E-state index in [1.165, 1.54) is 0 Å². The lowest BCUT2D eigenvalue weighted by atomic mass is 9.83. The Kier molecular flexibility index (Phi) is 3.93. The van der Waals surface area contributed by atoms with Crippen LogP contribution in [0, 0.1) is 10.8 Å². The third kappa shape index (κ3) is 2.93. The molecular weight excluding hydrogens is 208 g/mol. The Bertz CT molecular complexity index is 251. The van der Waals surface area contributed by atoms with Crippen LogP contribution in [0.1, 0.15) is 20.8 Å². The Morgan fingerprint density at radius 1 is 1.56 bits per heavy atom. The van der Waals surface area contributed by atoms with Gasteiger partial charge in [0.1, 0.15) is 0 Å². The van der Waals surface area contributed by atoms with Gasteiger partial charge in [-0.05, 0) is 5.41 Å². The Hall–Kier alpha value is -0.650. The zero-order valence-electron chi connectivity index (χ0n) is 10.2. The lowest BCUT2D eigenvalue weighted by Crippen LogP contribution is -2.58. The molecule has 0 spiro atoms. The number of rotatable bonds is 5. The Morgan fingerprint density at radius 2 is 2.12 bits per heavy atom. The molecule has 4 N–H and O–H groups in total. The Labute approximate surface area is 96.3 Å². The predicted molar refractivity (Wildman–Crippen MR) is 60.8 cm³/mol. The van der Waals surface area contributed by atoms with Crippen molar-refractivity contribution in [2.75, 3.05) is 26.4 Å². The van der Waals surface area contributed by atoms with Crippen LogP contribution in [0.5, 0.6) is 0 Å². The molecule has 0 aromatic rings. The fourth-order valence-corrected chi connectivity index (χ4v) is 1.79. The number of amides is 1. The van der Waals surface area contributed by atoms with Crippen LogP contribution in [0.25, 0.3) is 0 Å². The molecule has 1 aliphatic heterocycles. The quantitative estimate of drug-likeness (QED) is 0.593. The second-order valence-electron chi connectivity index (χ2n) is 5.73. The number of aliphatic hydroxyl groups is 1. The molecule has 1 fully saturated rings. The summed E-state index contributed by atoms with van der Waals surface area (Å²) >= 11 is 0. The van der Waals surface area contributed by atoms with Crippen molar-refractivity contribution in [1.82, 2.24) is 5.32 Å². The molecule has 1 amide bonds. The van der Waals surface area contributed by atoms with Crippen LogP contribution >= 0.6 is 0 Å². The second-order valence-corrected chi connectivity index (χ2v) is 5.73. The van der Waals surface area contributed by atoms with E-state index < -0.39 is 6.04 Å². The molecule has 1 atom stereocenters. The topological polar surface area (TPSA) is 84.6 Å². The lowest BCUT2D eigenvalue weighted by molar-refractivity contribution is -0.139. The van der Waals surface area contributed by atoms with Gasteiger partial charge in [-0.1, -0.05) is 20.8 Å². The van der Waals surface area contributed by atoms with Crippen molar-refractivity contribution in [2.24, 2.45) is 16.6 Å². The number of carbonyl (C=O) groups excluding carboxylic acids is 1. The SMILES string of the molecule is CC(C)(C)[C@H](NCC1(CO)COC1)C(N)=O. The maximum atomic E-state index is 11.3. The van der Waals surface area contributed by atoms with Crippen LogP contribution < -0.4 is 11.1 Å². The van der Waals surface area contributed by atoms with Crippen molar-refractivity contribution < 1.29 is 14.6 Å². The highest BCUT2D eigenvalue weighted by Crippen LogP contribution is 2.27. The number of primary amides is 1. The molecule has 16 heavy (non-hydrogen) atoms. The summed E-state index contributed by atoms with van der Waals surface area (Å²) in [7, 11) is 0. The Balaban J connectivity index is 2.53. The molecule has 0 radical (unpaired) electrons. The van der Waals surface area contributed by atoms with Crippen molar-refractivity contribution in [1.29, 1.82) is 0 Å². The lowest BCUT2D eigenvalue weighted by Gasteiger charge is -2.42. The number of hydrogen-bond donors (Lipinski definition) is 3. The molecule has 94 valence electrons. The standard InChI is InChI=1S/C11H22N2O3/c1-10(2,3)8(9(12)15)13-4-11(5-14)6-16-7-11/h8,13-14H,4-7H2,1-3H3,(H2,12,15)/t8-/m1/s1. The van der Waals surface area contributed by atoms with Gasteiger partial charge in [-0.3, -0.25) is 4.79 Å². The van der Waals surface area contributed by atoms with E-state index in [9.17, 15) is 9.90 Å². The predicted octanol–water partition coefficient (Wildman–Crippen LogP) is -0.515. The van der Waals surface area contributed by atoms with E-state index in [1.54, 1.807) is 0 Å². The van der Waals surface area contributed by atoms with E-state index in [0.29, 0.717) is 19.8 Å². The van der Waals surface area contributed by atoms with E-state index in [1.807, 2.05) is 20.8 Å². The smallest absolute Gasteiger partial charge is 0.235 e. The first-order valence-corrected chi connectivity index (χ1v) is 5.52. The van der Waals surface area contributed by atoms with E-state index in [0.717, 1.165) is 0 Å². The number of hydrogen-bond acceptors (Lipinski definition) is 4. The fraction of sp³-hybridized carbons (Fsp3) is 0.909. The summed E-state index contributed by atoms with van der Waals surface area (Å²) in [6.45, 7) is 7.55. The van der Waals surface area contributed by atoms with Gasteiger partial charge in [0.05, 0.1) is 31.3 Å². The summed E-state index contributed by atoms with van der Waals surface area (Å²) in [5, 5.41) is 12.4. The normalized spacial score (nSPS) is 21.2. The molecule has 0 aliphatic carbocycles. The number of nitrogens with one attached hydrogen (secondary N) is 1. The molecule has 0 aromatic carbocycles. The van der Waals surface area contributed by atoms with Crippen molar-refractivity contribution >= 4 is 5.91 Å². The first kappa shape index (κ1) is 13.4. The molecule has 0 bridgehead atoms. The largest absolute Gasteiger partial charge is 0.396 e. The van der Waals surface area contributed by atoms with Crippen LogP contribution in [0.3, 0.4) is 0 Å². The number of ether oxygens (including phenoxy) is 1. The number of aliphatic hydroxyl groups excluding tert-OH is 1. The van der Waals surface area contributed by atoms with E-state index >= 15 is 0 Å². The number of nitrogens with two attached hydrogens (primary N) is 1. The zero-order chi connectivity index (χ0) is 12.4. The molecule has 5 nitrogen and oxygen atoms in total. The van der Waals surface area contributed by atoms with E-state index in [-0.39, 0.29) is 23.3 Å². The van der Waals surface area contributed by atoms with Gasteiger partial charge < -0.3 is 20.9 Å². The molecule has 5 heteroatoms. The minimum Gasteiger partial charge on any atom is -0.396 e. The molecule has 0 unspecified atom stereocenters. The third-order valence-corrected chi connectivity index (χ3v) is 2.98. The average molecular weight is 230 g/mol.